The lowest BCUT2D eigenvalue weighted by Gasteiger charge is -2.09. The van der Waals surface area contributed by atoms with Crippen LogP contribution < -0.4 is 0 Å². The van der Waals surface area contributed by atoms with E-state index in [0.717, 1.165) is 0 Å². The summed E-state index contributed by atoms with van der Waals surface area (Å²) < 4.78 is 4.86. The molecule has 10 rings (SSSR count). The molecule has 0 unspecified atom stereocenters. The van der Waals surface area contributed by atoms with Crippen molar-refractivity contribution in [1.29, 1.82) is 0 Å². The Hall–Kier alpha value is -5.86. The predicted octanol–water partition coefficient (Wildman–Crippen LogP) is 11.3. The zero-order chi connectivity index (χ0) is 28.8. The summed E-state index contributed by atoms with van der Waals surface area (Å²) in [7, 11) is 0. The van der Waals surface area contributed by atoms with Crippen LogP contribution >= 0.6 is 0 Å². The Morgan fingerprint density at radius 1 is 0.295 bits per heavy atom. The summed E-state index contributed by atoms with van der Waals surface area (Å²) >= 11 is 0. The second-order valence-electron chi connectivity index (χ2n) is 11.8. The minimum Gasteiger partial charge on any atom is -0.309 e. The molecule has 0 aliphatic rings. The van der Waals surface area contributed by atoms with Crippen LogP contribution in [0.1, 0.15) is 0 Å². The smallest absolute Gasteiger partial charge is 0.0620 e. The Morgan fingerprint density at radius 2 is 0.841 bits per heavy atom. The van der Waals surface area contributed by atoms with Crippen LogP contribution in [0.2, 0.25) is 0 Å². The van der Waals surface area contributed by atoms with Gasteiger partial charge in [-0.3, -0.25) is 0 Å². The van der Waals surface area contributed by atoms with Crippen molar-refractivity contribution >= 4 is 59.9 Å². The Labute approximate surface area is 254 Å². The first-order chi connectivity index (χ1) is 21.8. The van der Waals surface area contributed by atoms with Gasteiger partial charge in [-0.1, -0.05) is 109 Å². The van der Waals surface area contributed by atoms with Crippen molar-refractivity contribution in [3.8, 4) is 27.9 Å². The second-order valence-corrected chi connectivity index (χ2v) is 11.8. The van der Waals surface area contributed by atoms with Crippen molar-refractivity contribution < 1.29 is 0 Å². The third-order valence-electron chi connectivity index (χ3n) is 9.44. The molecule has 0 aliphatic carbocycles. The van der Waals surface area contributed by atoms with Gasteiger partial charge in [-0.15, -0.1) is 0 Å². The number of fused-ring (bicyclic) bond motifs is 9. The standard InChI is InChI=1S/C42H26N2/c1-3-10-27(11-4-1)28-19-22-39-36(24-28)37-25-29(20-23-40(37)43(39)31-12-5-2-6-13-31)30-18-21-33-35-16-9-15-34-32-14-7-8-17-38(32)44(42(34)35)41(33)26-30/h1-26H. The minimum atomic E-state index is 1.17. The molecule has 0 aliphatic heterocycles. The molecule has 3 aromatic heterocycles. The quantitative estimate of drug-likeness (QED) is 0.204. The molecule has 0 bridgehead atoms. The van der Waals surface area contributed by atoms with E-state index in [9.17, 15) is 0 Å². The number of hydrogen-bond donors (Lipinski definition) is 0. The third-order valence-corrected chi connectivity index (χ3v) is 9.44. The number of para-hydroxylation sites is 3. The van der Waals surface area contributed by atoms with Crippen LogP contribution in [-0.4, -0.2) is 8.97 Å². The summed E-state index contributed by atoms with van der Waals surface area (Å²) in [4.78, 5) is 0. The normalized spacial score (nSPS) is 12.1. The highest BCUT2D eigenvalue weighted by Gasteiger charge is 2.18. The lowest BCUT2D eigenvalue weighted by atomic mass is 9.99. The van der Waals surface area contributed by atoms with Gasteiger partial charge in [0.1, 0.15) is 0 Å². The molecule has 7 aromatic carbocycles. The molecule has 3 heterocycles. The van der Waals surface area contributed by atoms with Crippen molar-refractivity contribution in [2.75, 3.05) is 0 Å². The van der Waals surface area contributed by atoms with E-state index in [2.05, 4.69) is 167 Å². The number of aromatic nitrogens is 2. The van der Waals surface area contributed by atoms with E-state index in [4.69, 9.17) is 0 Å². The van der Waals surface area contributed by atoms with Crippen LogP contribution in [0.4, 0.5) is 0 Å². The maximum absolute atomic E-state index is 2.46. The second kappa shape index (κ2) is 8.82. The fraction of sp³-hybridized carbons (Fsp3) is 0. The number of hydrogen-bond acceptors (Lipinski definition) is 0. The SMILES string of the molecule is c1ccc(-c2ccc3c(c2)c2cc(-c4ccc5c6cccc7c8ccccc8n(c5c4)c76)ccc2n3-c2ccccc2)cc1. The molecule has 2 nitrogen and oxygen atoms in total. The van der Waals surface area contributed by atoms with Gasteiger partial charge in [0.25, 0.3) is 0 Å². The van der Waals surface area contributed by atoms with Crippen molar-refractivity contribution in [3.63, 3.8) is 0 Å². The summed E-state index contributed by atoms with van der Waals surface area (Å²) in [5.74, 6) is 0. The molecule has 0 fully saturated rings. The van der Waals surface area contributed by atoms with Crippen LogP contribution in [0.3, 0.4) is 0 Å². The maximum atomic E-state index is 2.46. The molecule has 44 heavy (non-hydrogen) atoms. The van der Waals surface area contributed by atoms with E-state index in [1.807, 2.05) is 0 Å². The largest absolute Gasteiger partial charge is 0.309 e. The van der Waals surface area contributed by atoms with Crippen molar-refractivity contribution in [1.82, 2.24) is 8.97 Å². The lowest BCUT2D eigenvalue weighted by molar-refractivity contribution is 1.18. The van der Waals surface area contributed by atoms with Gasteiger partial charge in [-0.05, 0) is 70.8 Å². The van der Waals surface area contributed by atoms with E-state index in [-0.39, 0.29) is 0 Å². The lowest BCUT2D eigenvalue weighted by Crippen LogP contribution is -1.93. The Balaban J connectivity index is 1.24. The highest BCUT2D eigenvalue weighted by atomic mass is 15.0. The molecule has 0 saturated heterocycles. The molecule has 0 saturated carbocycles. The van der Waals surface area contributed by atoms with Gasteiger partial charge in [-0.2, -0.15) is 0 Å². The summed E-state index contributed by atoms with van der Waals surface area (Å²) in [6.45, 7) is 0. The first-order valence-corrected chi connectivity index (χ1v) is 15.2. The molecule has 0 atom stereocenters. The van der Waals surface area contributed by atoms with Crippen molar-refractivity contribution in [3.05, 3.63) is 158 Å². The van der Waals surface area contributed by atoms with Gasteiger partial charge in [0.05, 0.1) is 27.6 Å². The Bertz CT molecular complexity index is 2690. The van der Waals surface area contributed by atoms with Crippen LogP contribution in [0.5, 0.6) is 0 Å². The first-order valence-electron chi connectivity index (χ1n) is 15.2. The fourth-order valence-electron chi connectivity index (χ4n) is 7.48. The van der Waals surface area contributed by atoms with Crippen LogP contribution in [-0.2, 0) is 0 Å². The van der Waals surface area contributed by atoms with Crippen molar-refractivity contribution in [2.24, 2.45) is 0 Å². The predicted molar refractivity (Wildman–Crippen MR) is 186 cm³/mol. The highest BCUT2D eigenvalue weighted by Crippen LogP contribution is 2.41. The van der Waals surface area contributed by atoms with Gasteiger partial charge < -0.3 is 8.97 Å². The van der Waals surface area contributed by atoms with Crippen LogP contribution in [0.15, 0.2) is 158 Å². The molecule has 204 valence electrons. The molecule has 0 amide bonds. The average Bonchev–Trinajstić information content (AvgIpc) is 3.73. The number of rotatable bonds is 3. The summed E-state index contributed by atoms with van der Waals surface area (Å²) in [5.41, 5.74) is 12.4. The van der Waals surface area contributed by atoms with E-state index in [1.54, 1.807) is 0 Å². The summed E-state index contributed by atoms with van der Waals surface area (Å²) in [6, 6.07) is 57.7. The number of nitrogens with zero attached hydrogens (tertiary/aromatic N) is 2. The molecular formula is C42H26N2. The van der Waals surface area contributed by atoms with Gasteiger partial charge in [0.2, 0.25) is 0 Å². The van der Waals surface area contributed by atoms with E-state index < -0.39 is 0 Å². The van der Waals surface area contributed by atoms with Gasteiger partial charge in [-0.25, -0.2) is 0 Å². The topological polar surface area (TPSA) is 9.34 Å². The molecule has 0 N–H and O–H groups in total. The molecule has 0 radical (unpaired) electrons. The zero-order valence-corrected chi connectivity index (χ0v) is 23.9. The zero-order valence-electron chi connectivity index (χ0n) is 23.9. The summed E-state index contributed by atoms with van der Waals surface area (Å²) in [5, 5.41) is 7.77. The van der Waals surface area contributed by atoms with Gasteiger partial charge in [0.15, 0.2) is 0 Å². The Kier molecular flexibility index (Phi) is 4.75. The first kappa shape index (κ1) is 23.7. The maximum Gasteiger partial charge on any atom is 0.0620 e. The fourth-order valence-corrected chi connectivity index (χ4v) is 7.48. The number of benzene rings is 7. The van der Waals surface area contributed by atoms with Crippen molar-refractivity contribution in [2.45, 2.75) is 0 Å². The molecule has 10 aromatic rings. The molecule has 0 spiro atoms. The Morgan fingerprint density at radius 3 is 1.57 bits per heavy atom. The average molecular weight is 559 g/mol. The minimum absolute atomic E-state index is 1.17. The molecular weight excluding hydrogens is 532 g/mol. The van der Waals surface area contributed by atoms with E-state index in [1.165, 1.54) is 87.8 Å². The molecule has 2 heteroatoms. The van der Waals surface area contributed by atoms with E-state index >= 15 is 0 Å². The summed E-state index contributed by atoms with van der Waals surface area (Å²) in [6.07, 6.45) is 0. The van der Waals surface area contributed by atoms with Crippen LogP contribution in [0, 0.1) is 0 Å². The third kappa shape index (κ3) is 3.20. The van der Waals surface area contributed by atoms with Gasteiger partial charge in [0, 0.05) is 38.0 Å². The van der Waals surface area contributed by atoms with Gasteiger partial charge >= 0.3 is 0 Å². The van der Waals surface area contributed by atoms with E-state index in [0.29, 0.717) is 0 Å². The highest BCUT2D eigenvalue weighted by molar-refractivity contribution is 6.23. The monoisotopic (exact) mass is 558 g/mol. The van der Waals surface area contributed by atoms with Crippen LogP contribution in [0.25, 0.3) is 87.8 Å².